The van der Waals surface area contributed by atoms with Gasteiger partial charge in [0.1, 0.15) is 11.2 Å². The van der Waals surface area contributed by atoms with E-state index in [1.165, 1.54) is 11.3 Å². The van der Waals surface area contributed by atoms with Crippen LogP contribution < -0.4 is 10.2 Å². The second-order valence-corrected chi connectivity index (χ2v) is 7.99. The first kappa shape index (κ1) is 19.4. The number of para-hydroxylation sites is 1. The molecule has 4 rings (SSSR count). The fourth-order valence-corrected chi connectivity index (χ4v) is 4.40. The first-order chi connectivity index (χ1) is 14.0. The maximum absolute atomic E-state index is 13.0. The number of nitrogens with one attached hydrogen (secondary N) is 1. The molecule has 0 aliphatic carbocycles. The van der Waals surface area contributed by atoms with Crippen molar-refractivity contribution in [2.24, 2.45) is 0 Å². The van der Waals surface area contributed by atoms with E-state index in [0.717, 1.165) is 16.3 Å². The summed E-state index contributed by atoms with van der Waals surface area (Å²) in [4.78, 5) is 33.5. The largest absolute Gasteiger partial charge is 0.358 e. The van der Waals surface area contributed by atoms with Crippen LogP contribution >= 0.6 is 22.9 Å². The monoisotopic (exact) mass is 426 g/mol. The Morgan fingerprint density at radius 2 is 1.93 bits per heavy atom. The van der Waals surface area contributed by atoms with Crippen LogP contribution in [-0.4, -0.2) is 42.3 Å². The summed E-state index contributed by atoms with van der Waals surface area (Å²) in [5, 5.41) is 6.09. The van der Waals surface area contributed by atoms with Gasteiger partial charge in [0.25, 0.3) is 5.91 Å². The van der Waals surface area contributed by atoms with Crippen molar-refractivity contribution in [3.8, 4) is 10.6 Å². The van der Waals surface area contributed by atoms with Gasteiger partial charge in [-0.25, -0.2) is 4.98 Å². The summed E-state index contributed by atoms with van der Waals surface area (Å²) >= 11 is 7.48. The van der Waals surface area contributed by atoms with E-state index in [9.17, 15) is 9.59 Å². The molecule has 148 valence electrons. The fourth-order valence-electron chi connectivity index (χ4n) is 3.44. The highest BCUT2D eigenvalue weighted by molar-refractivity contribution is 7.13. The van der Waals surface area contributed by atoms with Gasteiger partial charge in [-0.05, 0) is 24.3 Å². The molecule has 0 radical (unpaired) electrons. The maximum Gasteiger partial charge on any atom is 0.257 e. The summed E-state index contributed by atoms with van der Waals surface area (Å²) in [5.41, 5.74) is 2.97. The zero-order chi connectivity index (χ0) is 20.5. The molecule has 1 atom stereocenters. The number of thiazole rings is 1. The topological polar surface area (TPSA) is 65.5 Å². The predicted molar refractivity (Wildman–Crippen MR) is 115 cm³/mol. The van der Waals surface area contributed by atoms with Crippen molar-refractivity contribution in [2.75, 3.05) is 25.5 Å². The van der Waals surface area contributed by atoms with Crippen molar-refractivity contribution in [3.05, 3.63) is 70.2 Å². The summed E-state index contributed by atoms with van der Waals surface area (Å²) < 4.78 is 0. The summed E-state index contributed by atoms with van der Waals surface area (Å²) in [6, 6.07) is 14.8. The minimum Gasteiger partial charge on any atom is -0.358 e. The van der Waals surface area contributed by atoms with Crippen LogP contribution in [0, 0.1) is 0 Å². The quantitative estimate of drug-likeness (QED) is 0.689. The van der Waals surface area contributed by atoms with E-state index in [0.29, 0.717) is 16.3 Å². The van der Waals surface area contributed by atoms with E-state index in [2.05, 4.69) is 5.32 Å². The smallest absolute Gasteiger partial charge is 0.257 e. The molecule has 0 saturated carbocycles. The summed E-state index contributed by atoms with van der Waals surface area (Å²) in [6.45, 7) is 0.115. The van der Waals surface area contributed by atoms with Gasteiger partial charge in [0.05, 0.1) is 23.5 Å². The van der Waals surface area contributed by atoms with Gasteiger partial charge < -0.3 is 15.1 Å². The molecule has 0 fully saturated rings. The van der Waals surface area contributed by atoms with Crippen molar-refractivity contribution in [2.45, 2.75) is 6.17 Å². The zero-order valence-corrected chi connectivity index (χ0v) is 17.5. The number of hydrogen-bond donors (Lipinski definition) is 1. The van der Waals surface area contributed by atoms with Crippen LogP contribution in [0.4, 0.5) is 5.69 Å². The number of nitrogens with zero attached hydrogens (tertiary/aromatic N) is 3. The van der Waals surface area contributed by atoms with Gasteiger partial charge in [0.2, 0.25) is 5.91 Å². The number of rotatable bonds is 4. The SMILES string of the molecule is CNC(=O)CN1c2ccccc2C(=O)N(C)C1c1csc(-c2ccc(Cl)cc2)n1. The molecule has 8 heteroatoms. The molecule has 2 aromatic carbocycles. The van der Waals surface area contributed by atoms with Crippen LogP contribution in [-0.2, 0) is 4.79 Å². The van der Waals surface area contributed by atoms with Gasteiger partial charge in [-0.2, -0.15) is 0 Å². The first-order valence-electron chi connectivity index (χ1n) is 9.04. The molecule has 3 aromatic rings. The Balaban J connectivity index is 1.77. The highest BCUT2D eigenvalue weighted by Crippen LogP contribution is 2.39. The first-order valence-corrected chi connectivity index (χ1v) is 10.3. The van der Waals surface area contributed by atoms with E-state index in [1.807, 2.05) is 52.7 Å². The number of aromatic nitrogens is 1. The third-order valence-electron chi connectivity index (χ3n) is 4.90. The lowest BCUT2D eigenvalue weighted by molar-refractivity contribution is -0.119. The third kappa shape index (κ3) is 3.59. The van der Waals surface area contributed by atoms with Crippen molar-refractivity contribution < 1.29 is 9.59 Å². The Hall–Kier alpha value is -2.90. The lowest BCUT2D eigenvalue weighted by Crippen LogP contribution is -2.50. The molecule has 6 nitrogen and oxygen atoms in total. The van der Waals surface area contributed by atoms with Crippen molar-refractivity contribution in [1.29, 1.82) is 0 Å². The number of fused-ring (bicyclic) bond motifs is 1. The van der Waals surface area contributed by atoms with Crippen molar-refractivity contribution in [1.82, 2.24) is 15.2 Å². The molecule has 0 spiro atoms. The maximum atomic E-state index is 13.0. The van der Waals surface area contributed by atoms with Crippen molar-refractivity contribution in [3.63, 3.8) is 0 Å². The number of hydrogen-bond acceptors (Lipinski definition) is 5. The molecule has 2 heterocycles. The van der Waals surface area contributed by atoms with Crippen LogP contribution in [0.3, 0.4) is 0 Å². The average Bonchev–Trinajstić information content (AvgIpc) is 3.22. The van der Waals surface area contributed by atoms with E-state index < -0.39 is 6.17 Å². The molecule has 1 aliphatic heterocycles. The summed E-state index contributed by atoms with van der Waals surface area (Å²) in [7, 11) is 3.34. The second-order valence-electron chi connectivity index (χ2n) is 6.69. The number of benzene rings is 2. The normalized spacial score (nSPS) is 16.0. The molecular formula is C21H19ClN4O2S. The van der Waals surface area contributed by atoms with E-state index >= 15 is 0 Å². The molecule has 29 heavy (non-hydrogen) atoms. The van der Waals surface area contributed by atoms with Gasteiger partial charge in [-0.1, -0.05) is 35.9 Å². The molecule has 1 aliphatic rings. The lowest BCUT2D eigenvalue weighted by atomic mass is 10.0. The van der Waals surface area contributed by atoms with E-state index in [1.54, 1.807) is 25.1 Å². The van der Waals surface area contributed by atoms with E-state index in [4.69, 9.17) is 16.6 Å². The highest BCUT2D eigenvalue weighted by atomic mass is 35.5. The van der Waals surface area contributed by atoms with Gasteiger partial charge in [-0.15, -0.1) is 11.3 Å². The molecule has 2 amide bonds. The second kappa shape index (κ2) is 7.85. The van der Waals surface area contributed by atoms with Gasteiger partial charge in [0.15, 0.2) is 0 Å². The molecular weight excluding hydrogens is 408 g/mol. The molecule has 0 saturated heterocycles. The molecule has 1 unspecified atom stereocenters. The highest BCUT2D eigenvalue weighted by Gasteiger charge is 2.38. The van der Waals surface area contributed by atoms with E-state index in [-0.39, 0.29) is 18.4 Å². The lowest BCUT2D eigenvalue weighted by Gasteiger charge is -2.42. The van der Waals surface area contributed by atoms with Crippen LogP contribution in [0.1, 0.15) is 22.2 Å². The molecule has 1 aromatic heterocycles. The van der Waals surface area contributed by atoms with Gasteiger partial charge >= 0.3 is 0 Å². The van der Waals surface area contributed by atoms with Crippen LogP contribution in [0.25, 0.3) is 10.6 Å². The fraction of sp³-hybridized carbons (Fsp3) is 0.190. The standard InChI is InChI=1S/C21H19ClN4O2S/c1-23-18(27)11-26-17-6-4-3-5-15(17)21(28)25(2)20(26)16-12-29-19(24-16)13-7-9-14(22)10-8-13/h3-10,12,20H,11H2,1-2H3,(H,23,27). The summed E-state index contributed by atoms with van der Waals surface area (Å²) in [5.74, 6) is -0.236. The van der Waals surface area contributed by atoms with Gasteiger partial charge in [-0.3, -0.25) is 9.59 Å². The number of carbonyl (C=O) groups excluding carboxylic acids is 2. The predicted octanol–water partition coefficient (Wildman–Crippen LogP) is 3.80. The summed E-state index contributed by atoms with van der Waals surface area (Å²) in [6.07, 6.45) is -0.480. The van der Waals surface area contributed by atoms with Crippen LogP contribution in [0.2, 0.25) is 5.02 Å². The Morgan fingerprint density at radius 1 is 1.21 bits per heavy atom. The average molecular weight is 427 g/mol. The number of likely N-dealkylation sites (N-methyl/N-ethyl adjacent to an activating group) is 1. The number of amides is 2. The Bertz CT molecular complexity index is 1070. The minimum absolute atomic E-state index is 0.0974. The Labute approximate surface area is 177 Å². The Morgan fingerprint density at radius 3 is 2.66 bits per heavy atom. The number of anilines is 1. The number of carbonyl (C=O) groups is 2. The van der Waals surface area contributed by atoms with Crippen molar-refractivity contribution >= 4 is 40.4 Å². The minimum atomic E-state index is -0.480. The Kier molecular flexibility index (Phi) is 5.25. The van der Waals surface area contributed by atoms with Crippen LogP contribution in [0.15, 0.2) is 53.9 Å². The van der Waals surface area contributed by atoms with Gasteiger partial charge in [0, 0.05) is 30.1 Å². The molecule has 1 N–H and O–H groups in total. The van der Waals surface area contributed by atoms with Crippen LogP contribution in [0.5, 0.6) is 0 Å². The number of halogens is 1. The third-order valence-corrected chi connectivity index (χ3v) is 6.06. The zero-order valence-electron chi connectivity index (χ0n) is 15.9. The molecule has 0 bridgehead atoms.